The van der Waals surface area contributed by atoms with Crippen molar-refractivity contribution >= 4 is 38.7 Å². The predicted molar refractivity (Wildman–Crippen MR) is 75.8 cm³/mol. The number of halogens is 1. The van der Waals surface area contributed by atoms with E-state index in [0.29, 0.717) is 11.3 Å². The summed E-state index contributed by atoms with van der Waals surface area (Å²) < 4.78 is 0.832. The topological polar surface area (TPSA) is 43.1 Å². The molecular formula is C13H12BrNOS. The summed E-state index contributed by atoms with van der Waals surface area (Å²) in [5.74, 6) is 0.0444. The van der Waals surface area contributed by atoms with Gasteiger partial charge in [-0.1, -0.05) is 15.9 Å². The molecule has 2 rings (SSSR count). The molecule has 0 saturated carbocycles. The minimum Gasteiger partial charge on any atom is -0.398 e. The number of rotatable bonds is 2. The second-order valence-electron chi connectivity index (χ2n) is 3.93. The van der Waals surface area contributed by atoms with E-state index in [-0.39, 0.29) is 5.78 Å². The first-order valence-corrected chi connectivity index (χ1v) is 6.82. The van der Waals surface area contributed by atoms with Crippen molar-refractivity contribution in [3.63, 3.8) is 0 Å². The molecule has 1 heterocycles. The molecular weight excluding hydrogens is 298 g/mol. The second-order valence-corrected chi connectivity index (χ2v) is 5.76. The van der Waals surface area contributed by atoms with E-state index in [2.05, 4.69) is 15.9 Å². The summed E-state index contributed by atoms with van der Waals surface area (Å²) in [4.78, 5) is 13.2. The van der Waals surface area contributed by atoms with Crippen LogP contribution >= 0.6 is 27.3 Å². The zero-order valence-electron chi connectivity index (χ0n) is 9.58. The number of thiophene rings is 1. The number of nitrogen functional groups attached to an aromatic ring is 1. The smallest absolute Gasteiger partial charge is 0.203 e. The molecule has 0 unspecified atom stereocenters. The van der Waals surface area contributed by atoms with Gasteiger partial charge in [-0.3, -0.25) is 4.79 Å². The summed E-state index contributed by atoms with van der Waals surface area (Å²) in [6.45, 7) is 3.82. The molecule has 1 aromatic carbocycles. The van der Waals surface area contributed by atoms with Gasteiger partial charge in [-0.15, -0.1) is 11.3 Å². The van der Waals surface area contributed by atoms with Gasteiger partial charge in [-0.25, -0.2) is 0 Å². The fourth-order valence-corrected chi connectivity index (χ4v) is 3.02. The van der Waals surface area contributed by atoms with Gasteiger partial charge in [-0.2, -0.15) is 0 Å². The van der Waals surface area contributed by atoms with Crippen molar-refractivity contribution in [2.75, 3.05) is 5.73 Å². The van der Waals surface area contributed by atoms with Crippen LogP contribution in [0.25, 0.3) is 0 Å². The van der Waals surface area contributed by atoms with Crippen molar-refractivity contribution in [1.82, 2.24) is 0 Å². The monoisotopic (exact) mass is 309 g/mol. The Bertz CT molecular complexity index is 589. The first kappa shape index (κ1) is 12.3. The SMILES string of the molecule is Cc1ccsc1C(=O)c1cc(Br)cc(N)c1C. The van der Waals surface area contributed by atoms with E-state index in [1.165, 1.54) is 11.3 Å². The fourth-order valence-electron chi connectivity index (χ4n) is 1.66. The van der Waals surface area contributed by atoms with E-state index >= 15 is 0 Å². The van der Waals surface area contributed by atoms with Crippen LogP contribution in [0.4, 0.5) is 5.69 Å². The summed E-state index contributed by atoms with van der Waals surface area (Å²) in [7, 11) is 0. The van der Waals surface area contributed by atoms with Crippen LogP contribution in [0.5, 0.6) is 0 Å². The Balaban J connectivity index is 2.55. The lowest BCUT2D eigenvalue weighted by Gasteiger charge is -2.08. The molecule has 2 aromatic rings. The Kier molecular flexibility index (Phi) is 3.35. The van der Waals surface area contributed by atoms with Gasteiger partial charge < -0.3 is 5.73 Å². The molecule has 4 heteroatoms. The van der Waals surface area contributed by atoms with E-state index in [4.69, 9.17) is 5.73 Å². The quantitative estimate of drug-likeness (QED) is 0.674. The number of carbonyl (C=O) groups is 1. The number of nitrogens with two attached hydrogens (primary N) is 1. The fraction of sp³-hybridized carbons (Fsp3) is 0.154. The Morgan fingerprint density at radius 2 is 2.06 bits per heavy atom. The van der Waals surface area contributed by atoms with Crippen molar-refractivity contribution in [3.05, 3.63) is 49.6 Å². The largest absolute Gasteiger partial charge is 0.398 e. The Morgan fingerprint density at radius 3 is 2.65 bits per heavy atom. The maximum atomic E-state index is 12.4. The third-order valence-electron chi connectivity index (χ3n) is 2.73. The lowest BCUT2D eigenvalue weighted by Crippen LogP contribution is -2.05. The van der Waals surface area contributed by atoms with E-state index in [9.17, 15) is 4.79 Å². The molecule has 2 N–H and O–H groups in total. The summed E-state index contributed by atoms with van der Waals surface area (Å²) >= 11 is 4.84. The van der Waals surface area contributed by atoms with Crippen LogP contribution < -0.4 is 5.73 Å². The first-order chi connectivity index (χ1) is 8.00. The normalized spacial score (nSPS) is 10.5. The van der Waals surface area contributed by atoms with Gasteiger partial charge in [0.15, 0.2) is 0 Å². The number of anilines is 1. The van der Waals surface area contributed by atoms with Gasteiger partial charge in [0, 0.05) is 15.7 Å². The molecule has 17 heavy (non-hydrogen) atoms. The van der Waals surface area contributed by atoms with Crippen molar-refractivity contribution in [1.29, 1.82) is 0 Å². The number of hydrogen-bond donors (Lipinski definition) is 1. The minimum atomic E-state index is 0.0444. The average molecular weight is 310 g/mol. The first-order valence-electron chi connectivity index (χ1n) is 5.15. The summed E-state index contributed by atoms with van der Waals surface area (Å²) in [5.41, 5.74) is 9.03. The summed E-state index contributed by atoms with van der Waals surface area (Å²) in [6, 6.07) is 5.59. The minimum absolute atomic E-state index is 0.0444. The third-order valence-corrected chi connectivity index (χ3v) is 4.20. The molecule has 0 spiro atoms. The Hall–Kier alpha value is -1.13. The second kappa shape index (κ2) is 4.63. The van der Waals surface area contributed by atoms with E-state index in [1.54, 1.807) is 0 Å². The van der Waals surface area contributed by atoms with Gasteiger partial charge in [0.25, 0.3) is 0 Å². The molecule has 0 bridgehead atoms. The van der Waals surface area contributed by atoms with Gasteiger partial charge in [0.05, 0.1) is 4.88 Å². The van der Waals surface area contributed by atoms with Gasteiger partial charge in [-0.05, 0) is 48.6 Å². The highest BCUT2D eigenvalue weighted by atomic mass is 79.9. The molecule has 0 amide bonds. The van der Waals surface area contributed by atoms with Crippen LogP contribution in [0.3, 0.4) is 0 Å². The summed E-state index contributed by atoms with van der Waals surface area (Å²) in [6.07, 6.45) is 0. The van der Waals surface area contributed by atoms with Gasteiger partial charge >= 0.3 is 0 Å². The van der Waals surface area contributed by atoms with Gasteiger partial charge in [0.1, 0.15) is 0 Å². The zero-order chi connectivity index (χ0) is 12.6. The van der Waals surface area contributed by atoms with Crippen LogP contribution in [0.1, 0.15) is 26.4 Å². The van der Waals surface area contributed by atoms with E-state index in [1.807, 2.05) is 37.4 Å². The maximum absolute atomic E-state index is 12.4. The highest BCUT2D eigenvalue weighted by Crippen LogP contribution is 2.27. The molecule has 1 aromatic heterocycles. The van der Waals surface area contributed by atoms with Crippen LogP contribution in [-0.2, 0) is 0 Å². The van der Waals surface area contributed by atoms with E-state index < -0.39 is 0 Å². The highest BCUT2D eigenvalue weighted by molar-refractivity contribution is 9.10. The molecule has 0 fully saturated rings. The molecule has 0 aliphatic carbocycles. The van der Waals surface area contributed by atoms with Gasteiger partial charge in [0.2, 0.25) is 5.78 Å². The van der Waals surface area contributed by atoms with Crippen LogP contribution in [0.2, 0.25) is 0 Å². The standard InChI is InChI=1S/C13H12BrNOS/c1-7-3-4-17-13(7)12(16)10-5-9(14)6-11(15)8(10)2/h3-6H,15H2,1-2H3. The molecule has 0 saturated heterocycles. The van der Waals surface area contributed by atoms with Crippen molar-refractivity contribution in [2.24, 2.45) is 0 Å². The van der Waals surface area contributed by atoms with Crippen molar-refractivity contribution in [3.8, 4) is 0 Å². The lowest BCUT2D eigenvalue weighted by atomic mass is 10.0. The molecule has 0 radical (unpaired) electrons. The molecule has 2 nitrogen and oxygen atoms in total. The molecule has 0 atom stereocenters. The van der Waals surface area contributed by atoms with Crippen molar-refractivity contribution in [2.45, 2.75) is 13.8 Å². The Labute approximate surface area is 113 Å². The Morgan fingerprint density at radius 1 is 1.35 bits per heavy atom. The number of benzene rings is 1. The van der Waals surface area contributed by atoms with Crippen molar-refractivity contribution < 1.29 is 4.79 Å². The van der Waals surface area contributed by atoms with Crippen LogP contribution in [0, 0.1) is 13.8 Å². The number of carbonyl (C=O) groups excluding carboxylic acids is 1. The average Bonchev–Trinajstić information content (AvgIpc) is 2.69. The molecule has 88 valence electrons. The molecule has 0 aliphatic heterocycles. The number of hydrogen-bond acceptors (Lipinski definition) is 3. The number of aryl methyl sites for hydroxylation is 1. The predicted octanol–water partition coefficient (Wildman–Crippen LogP) is 3.94. The van der Waals surface area contributed by atoms with E-state index in [0.717, 1.165) is 20.5 Å². The summed E-state index contributed by atoms with van der Waals surface area (Å²) in [5, 5.41) is 1.93. The maximum Gasteiger partial charge on any atom is 0.203 e. The zero-order valence-corrected chi connectivity index (χ0v) is 12.0. The third kappa shape index (κ3) is 2.28. The van der Waals surface area contributed by atoms with Crippen LogP contribution in [0.15, 0.2) is 28.1 Å². The molecule has 0 aliphatic rings. The van der Waals surface area contributed by atoms with Crippen LogP contribution in [-0.4, -0.2) is 5.78 Å². The highest BCUT2D eigenvalue weighted by Gasteiger charge is 2.17. The lowest BCUT2D eigenvalue weighted by molar-refractivity contribution is 0.104. The number of ketones is 1.